The van der Waals surface area contributed by atoms with Gasteiger partial charge >= 0.3 is 0 Å². The van der Waals surface area contributed by atoms with Crippen LogP contribution < -0.4 is 5.32 Å². The van der Waals surface area contributed by atoms with Crippen LogP contribution in [0.15, 0.2) is 65.5 Å². The van der Waals surface area contributed by atoms with Gasteiger partial charge in [0, 0.05) is 24.0 Å². The molecule has 1 unspecified atom stereocenters. The van der Waals surface area contributed by atoms with Gasteiger partial charge in [0.25, 0.3) is 0 Å². The van der Waals surface area contributed by atoms with Crippen LogP contribution in [0.3, 0.4) is 0 Å². The van der Waals surface area contributed by atoms with Gasteiger partial charge in [-0.2, -0.15) is 4.98 Å². The van der Waals surface area contributed by atoms with Crippen LogP contribution >= 0.6 is 0 Å². The van der Waals surface area contributed by atoms with E-state index in [-0.39, 0.29) is 17.9 Å². The zero-order chi connectivity index (χ0) is 19.2. The summed E-state index contributed by atoms with van der Waals surface area (Å²) in [5.41, 5.74) is 2.66. The van der Waals surface area contributed by atoms with Crippen LogP contribution in [0.2, 0.25) is 0 Å². The second-order valence-corrected chi connectivity index (χ2v) is 6.62. The fourth-order valence-corrected chi connectivity index (χ4v) is 2.66. The van der Waals surface area contributed by atoms with Gasteiger partial charge in [0.1, 0.15) is 6.04 Å². The first kappa shape index (κ1) is 18.5. The van der Waals surface area contributed by atoms with Crippen LogP contribution in [0.1, 0.15) is 38.3 Å². The molecule has 3 aromatic rings. The van der Waals surface area contributed by atoms with Crippen molar-refractivity contribution in [2.45, 2.75) is 26.8 Å². The second-order valence-electron chi connectivity index (χ2n) is 6.62. The first-order valence-corrected chi connectivity index (χ1v) is 8.83. The molecule has 0 fully saturated rings. The quantitative estimate of drug-likeness (QED) is 0.669. The number of hydrogen-bond acceptors (Lipinski definition) is 5. The van der Waals surface area contributed by atoms with Crippen molar-refractivity contribution in [2.75, 3.05) is 0 Å². The van der Waals surface area contributed by atoms with Gasteiger partial charge in [-0.15, -0.1) is 0 Å². The molecular weight excluding hydrogens is 340 g/mol. The maximum absolute atomic E-state index is 12.5. The normalized spacial score (nSPS) is 12.8. The summed E-state index contributed by atoms with van der Waals surface area (Å²) in [7, 11) is 0. The molecule has 0 radical (unpaired) electrons. The maximum atomic E-state index is 12.5. The molecule has 138 valence electrons. The first-order valence-electron chi connectivity index (χ1n) is 8.83. The second kappa shape index (κ2) is 8.40. The summed E-state index contributed by atoms with van der Waals surface area (Å²) in [6.07, 6.45) is 4.94. The lowest BCUT2D eigenvalue weighted by atomic mass is 10.0. The number of allylic oxidation sites excluding steroid dienone is 1. The average Bonchev–Trinajstić information content (AvgIpc) is 3.17. The number of hydrogen-bond donors (Lipinski definition) is 1. The highest BCUT2D eigenvalue weighted by Gasteiger charge is 2.24. The van der Waals surface area contributed by atoms with Gasteiger partial charge in [0.05, 0.1) is 0 Å². The third-order valence-electron chi connectivity index (χ3n) is 4.17. The van der Waals surface area contributed by atoms with Crippen molar-refractivity contribution in [1.82, 2.24) is 20.4 Å². The lowest BCUT2D eigenvalue weighted by Crippen LogP contribution is -2.30. The lowest BCUT2D eigenvalue weighted by Gasteiger charge is -2.17. The lowest BCUT2D eigenvalue weighted by molar-refractivity contribution is -0.117. The van der Waals surface area contributed by atoms with Gasteiger partial charge in [-0.05, 0) is 36.1 Å². The highest BCUT2D eigenvalue weighted by Crippen LogP contribution is 2.23. The van der Waals surface area contributed by atoms with Gasteiger partial charge in [-0.25, -0.2) is 0 Å². The molecule has 0 aliphatic rings. The minimum Gasteiger partial charge on any atom is -0.340 e. The molecule has 2 heterocycles. The van der Waals surface area contributed by atoms with Crippen LogP contribution in [0.5, 0.6) is 0 Å². The smallest absolute Gasteiger partial charge is 0.249 e. The molecule has 6 heteroatoms. The largest absolute Gasteiger partial charge is 0.340 e. The predicted octanol–water partition coefficient (Wildman–Crippen LogP) is 4.05. The van der Waals surface area contributed by atoms with Crippen LogP contribution in [-0.4, -0.2) is 21.0 Å². The minimum atomic E-state index is -0.379. The molecule has 0 saturated carbocycles. The molecule has 0 aliphatic carbocycles. The number of nitrogens with one attached hydrogen (secondary N) is 1. The fraction of sp³-hybridized carbons (Fsp3) is 0.238. The summed E-state index contributed by atoms with van der Waals surface area (Å²) in [4.78, 5) is 21.0. The number of pyridine rings is 1. The Morgan fingerprint density at radius 3 is 2.59 bits per heavy atom. The summed E-state index contributed by atoms with van der Waals surface area (Å²) in [5.74, 6) is 0.717. The maximum Gasteiger partial charge on any atom is 0.249 e. The molecule has 1 N–H and O–H groups in total. The monoisotopic (exact) mass is 362 g/mol. The summed E-state index contributed by atoms with van der Waals surface area (Å²) in [5, 5.41) is 6.98. The molecule has 1 amide bonds. The van der Waals surface area contributed by atoms with E-state index in [9.17, 15) is 4.79 Å². The van der Waals surface area contributed by atoms with Crippen molar-refractivity contribution < 1.29 is 9.32 Å². The van der Waals surface area contributed by atoms with Gasteiger partial charge < -0.3 is 9.84 Å². The third kappa shape index (κ3) is 4.67. The predicted molar refractivity (Wildman–Crippen MR) is 103 cm³/mol. The number of rotatable bonds is 6. The van der Waals surface area contributed by atoms with E-state index in [2.05, 4.69) is 20.4 Å². The van der Waals surface area contributed by atoms with Gasteiger partial charge in [-0.1, -0.05) is 49.3 Å². The van der Waals surface area contributed by atoms with E-state index >= 15 is 0 Å². The average molecular weight is 362 g/mol. The van der Waals surface area contributed by atoms with Crippen LogP contribution in [0.4, 0.5) is 0 Å². The first-order chi connectivity index (χ1) is 13.0. The molecule has 3 rings (SSSR count). The highest BCUT2D eigenvalue weighted by molar-refractivity contribution is 5.95. The summed E-state index contributed by atoms with van der Waals surface area (Å²) < 4.78 is 5.41. The Morgan fingerprint density at radius 2 is 1.93 bits per heavy atom. The van der Waals surface area contributed by atoms with Crippen LogP contribution in [0, 0.1) is 5.92 Å². The molecule has 1 atom stereocenters. The molecule has 0 aliphatic heterocycles. The van der Waals surface area contributed by atoms with E-state index < -0.39 is 0 Å². The summed E-state index contributed by atoms with van der Waals surface area (Å²) in [6.45, 7) is 5.89. The zero-order valence-corrected chi connectivity index (χ0v) is 15.6. The molecule has 0 saturated heterocycles. The molecule has 0 spiro atoms. The standard InChI is InChI=1S/C21H22N4O2/c1-14(2)19(21-24-20(25-27-21)17-10-7-11-22-13-17)23-18(26)12-15(3)16-8-5-4-6-9-16/h4-14,19H,1-3H3,(H,23,26)/b15-12+. The Kier molecular flexibility index (Phi) is 5.76. The molecule has 0 bridgehead atoms. The van der Waals surface area contributed by atoms with Gasteiger partial charge in [-0.3, -0.25) is 9.78 Å². The Labute approximate surface area is 158 Å². The Morgan fingerprint density at radius 1 is 1.15 bits per heavy atom. The van der Waals surface area contributed by atoms with E-state index in [0.29, 0.717) is 11.7 Å². The SMILES string of the molecule is C/C(=C\C(=O)NC(c1nc(-c2cccnc2)no1)C(C)C)c1ccccc1. The Bertz CT molecular complexity index is 918. The van der Waals surface area contributed by atoms with Gasteiger partial charge in [0.15, 0.2) is 0 Å². The third-order valence-corrected chi connectivity index (χ3v) is 4.17. The number of amides is 1. The van der Waals surface area contributed by atoms with E-state index in [1.54, 1.807) is 18.5 Å². The molecule has 6 nitrogen and oxygen atoms in total. The van der Waals surface area contributed by atoms with E-state index in [1.165, 1.54) is 0 Å². The minimum absolute atomic E-state index is 0.0848. The molecule has 2 aromatic heterocycles. The van der Waals surface area contributed by atoms with Crippen molar-refractivity contribution in [1.29, 1.82) is 0 Å². The van der Waals surface area contributed by atoms with Crippen molar-refractivity contribution >= 4 is 11.5 Å². The molecular formula is C21H22N4O2. The van der Waals surface area contributed by atoms with Gasteiger partial charge in [0.2, 0.25) is 17.6 Å². The fourth-order valence-electron chi connectivity index (χ4n) is 2.66. The van der Waals surface area contributed by atoms with E-state index in [1.807, 2.05) is 63.2 Å². The summed E-state index contributed by atoms with van der Waals surface area (Å²) >= 11 is 0. The Hall–Kier alpha value is -3.28. The number of carbonyl (C=O) groups is 1. The van der Waals surface area contributed by atoms with E-state index in [0.717, 1.165) is 16.7 Å². The molecule has 1 aromatic carbocycles. The van der Waals surface area contributed by atoms with Crippen molar-refractivity contribution in [3.63, 3.8) is 0 Å². The topological polar surface area (TPSA) is 80.9 Å². The van der Waals surface area contributed by atoms with Crippen molar-refractivity contribution in [2.24, 2.45) is 5.92 Å². The van der Waals surface area contributed by atoms with Crippen LogP contribution in [-0.2, 0) is 4.79 Å². The number of nitrogens with zero attached hydrogens (tertiary/aromatic N) is 3. The highest BCUT2D eigenvalue weighted by atomic mass is 16.5. The van der Waals surface area contributed by atoms with E-state index in [4.69, 9.17) is 4.52 Å². The number of benzene rings is 1. The Balaban J connectivity index is 1.77. The number of aromatic nitrogens is 3. The number of carbonyl (C=O) groups excluding carboxylic acids is 1. The van der Waals surface area contributed by atoms with Crippen LogP contribution in [0.25, 0.3) is 17.0 Å². The van der Waals surface area contributed by atoms with Crippen molar-refractivity contribution in [3.05, 3.63) is 72.4 Å². The van der Waals surface area contributed by atoms with Crippen molar-refractivity contribution in [3.8, 4) is 11.4 Å². The summed E-state index contributed by atoms with van der Waals surface area (Å²) in [6, 6.07) is 13.1. The zero-order valence-electron chi connectivity index (χ0n) is 15.6. The molecule has 27 heavy (non-hydrogen) atoms.